The van der Waals surface area contributed by atoms with E-state index in [4.69, 9.17) is 4.74 Å². The van der Waals surface area contributed by atoms with E-state index in [2.05, 4.69) is 5.32 Å². The fourth-order valence-electron chi connectivity index (χ4n) is 4.33. The largest absolute Gasteiger partial charge is 0.372 e. The number of carbonyl (C=O) groups is 2. The van der Waals surface area contributed by atoms with Gasteiger partial charge in [-0.1, -0.05) is 66.7 Å². The van der Waals surface area contributed by atoms with Crippen LogP contribution in [0.5, 0.6) is 0 Å². The van der Waals surface area contributed by atoms with Gasteiger partial charge in [0.05, 0.1) is 25.6 Å². The second kappa shape index (κ2) is 12.3. The van der Waals surface area contributed by atoms with Gasteiger partial charge >= 0.3 is 0 Å². The van der Waals surface area contributed by atoms with Gasteiger partial charge in [0.1, 0.15) is 5.82 Å². The third-order valence-electron chi connectivity index (χ3n) is 6.25. The van der Waals surface area contributed by atoms with Crippen LogP contribution in [-0.4, -0.2) is 29.8 Å². The maximum atomic E-state index is 13.1. The molecule has 1 atom stereocenters. The van der Waals surface area contributed by atoms with E-state index < -0.39 is 0 Å². The molecule has 0 spiro atoms. The normalized spacial score (nSPS) is 15.6. The lowest BCUT2D eigenvalue weighted by Gasteiger charge is -2.32. The van der Waals surface area contributed by atoms with Crippen molar-refractivity contribution < 1.29 is 18.7 Å². The lowest BCUT2D eigenvalue weighted by molar-refractivity contribution is -0.135. The maximum Gasteiger partial charge on any atom is 0.227 e. The zero-order chi connectivity index (χ0) is 24.5. The number of hydrogen-bond donors (Lipinski definition) is 1. The quantitative estimate of drug-likeness (QED) is 0.492. The molecule has 1 fully saturated rings. The van der Waals surface area contributed by atoms with Gasteiger partial charge in [-0.15, -0.1) is 0 Å². The maximum absolute atomic E-state index is 13.1. The molecule has 4 rings (SSSR count). The average Bonchev–Trinajstić information content (AvgIpc) is 2.89. The highest BCUT2D eigenvalue weighted by Gasteiger charge is 2.28. The number of hydrogen-bond acceptors (Lipinski definition) is 3. The number of nitrogens with one attached hydrogen (secondary N) is 1. The highest BCUT2D eigenvalue weighted by molar-refractivity contribution is 5.82. The second-order valence-electron chi connectivity index (χ2n) is 9.00. The Kier molecular flexibility index (Phi) is 8.63. The van der Waals surface area contributed by atoms with Gasteiger partial charge in [-0.05, 0) is 47.2 Å². The third-order valence-corrected chi connectivity index (χ3v) is 6.25. The first-order valence-electron chi connectivity index (χ1n) is 12.1. The molecule has 0 saturated carbocycles. The minimum atomic E-state index is -0.318. The topological polar surface area (TPSA) is 58.6 Å². The summed E-state index contributed by atoms with van der Waals surface area (Å²) >= 11 is 0. The number of carbonyl (C=O) groups excluding carboxylic acids is 2. The number of likely N-dealkylation sites (tertiary alicyclic amines) is 1. The summed E-state index contributed by atoms with van der Waals surface area (Å²) in [5.41, 5.74) is 3.98. The summed E-state index contributed by atoms with van der Waals surface area (Å²) in [7, 11) is 0. The second-order valence-corrected chi connectivity index (χ2v) is 9.00. The fraction of sp³-hybridized carbons (Fsp3) is 0.310. The fourth-order valence-corrected chi connectivity index (χ4v) is 4.33. The van der Waals surface area contributed by atoms with Crippen LogP contribution in [0, 0.1) is 11.7 Å². The summed E-state index contributed by atoms with van der Waals surface area (Å²) in [5.74, 6) is -0.605. The molecule has 0 bridgehead atoms. The molecule has 1 aliphatic heterocycles. The van der Waals surface area contributed by atoms with Crippen molar-refractivity contribution >= 4 is 11.8 Å². The Morgan fingerprint density at radius 1 is 0.886 bits per heavy atom. The van der Waals surface area contributed by atoms with Gasteiger partial charge in [-0.2, -0.15) is 0 Å². The molecule has 3 aromatic rings. The SMILES string of the molecule is O=C(NCc1cccc(COCc2ccccc2)c1)C1CCCN(C(=O)Cc2ccc(F)cc2)C1. The van der Waals surface area contributed by atoms with E-state index in [1.165, 1.54) is 12.1 Å². The Balaban J connectivity index is 1.23. The van der Waals surface area contributed by atoms with Crippen LogP contribution in [0.4, 0.5) is 4.39 Å². The molecule has 2 amide bonds. The zero-order valence-corrected chi connectivity index (χ0v) is 19.8. The molecule has 3 aromatic carbocycles. The smallest absolute Gasteiger partial charge is 0.227 e. The van der Waals surface area contributed by atoms with Gasteiger partial charge < -0.3 is 15.0 Å². The van der Waals surface area contributed by atoms with Crippen molar-refractivity contribution in [3.05, 3.63) is 107 Å². The summed E-state index contributed by atoms with van der Waals surface area (Å²) in [5, 5.41) is 3.03. The van der Waals surface area contributed by atoms with Crippen LogP contribution < -0.4 is 5.32 Å². The van der Waals surface area contributed by atoms with Crippen molar-refractivity contribution in [3.63, 3.8) is 0 Å². The lowest BCUT2D eigenvalue weighted by Crippen LogP contribution is -2.45. The number of amides is 2. The molecular weight excluding hydrogens is 443 g/mol. The van der Waals surface area contributed by atoms with Crippen LogP contribution in [0.15, 0.2) is 78.9 Å². The van der Waals surface area contributed by atoms with Gasteiger partial charge in [0.15, 0.2) is 0 Å². The van der Waals surface area contributed by atoms with Crippen molar-refractivity contribution in [3.8, 4) is 0 Å². The minimum absolute atomic E-state index is 0.0303. The van der Waals surface area contributed by atoms with E-state index in [0.29, 0.717) is 32.8 Å². The Bertz CT molecular complexity index is 1120. The molecule has 35 heavy (non-hydrogen) atoms. The summed E-state index contributed by atoms with van der Waals surface area (Å²) in [6.07, 6.45) is 1.77. The van der Waals surface area contributed by atoms with Crippen LogP contribution in [-0.2, 0) is 40.5 Å². The van der Waals surface area contributed by atoms with Gasteiger partial charge in [0, 0.05) is 19.6 Å². The molecule has 0 radical (unpaired) electrons. The number of halogens is 1. The minimum Gasteiger partial charge on any atom is -0.372 e. The first-order valence-corrected chi connectivity index (χ1v) is 12.1. The highest BCUT2D eigenvalue weighted by atomic mass is 19.1. The predicted octanol–water partition coefficient (Wildman–Crippen LogP) is 4.64. The number of ether oxygens (including phenoxy) is 1. The number of benzene rings is 3. The predicted molar refractivity (Wildman–Crippen MR) is 133 cm³/mol. The van der Waals surface area contributed by atoms with Crippen LogP contribution >= 0.6 is 0 Å². The van der Waals surface area contributed by atoms with E-state index >= 15 is 0 Å². The first kappa shape index (κ1) is 24.6. The molecule has 1 unspecified atom stereocenters. The van der Waals surface area contributed by atoms with Crippen molar-refractivity contribution in [1.82, 2.24) is 10.2 Å². The Hall–Kier alpha value is -3.51. The Morgan fingerprint density at radius 2 is 1.60 bits per heavy atom. The molecule has 0 aromatic heterocycles. The van der Waals surface area contributed by atoms with Crippen LogP contribution in [0.25, 0.3) is 0 Å². The van der Waals surface area contributed by atoms with Gasteiger partial charge in [-0.3, -0.25) is 9.59 Å². The Morgan fingerprint density at radius 3 is 2.40 bits per heavy atom. The first-order chi connectivity index (χ1) is 17.1. The molecule has 5 nitrogen and oxygen atoms in total. The monoisotopic (exact) mass is 474 g/mol. The molecular formula is C29H31FN2O3. The van der Waals surface area contributed by atoms with Gasteiger partial charge in [0.2, 0.25) is 11.8 Å². The molecule has 0 aliphatic carbocycles. The number of nitrogens with zero attached hydrogens (tertiary/aromatic N) is 1. The molecule has 1 N–H and O–H groups in total. The Labute approximate surface area is 205 Å². The van der Waals surface area contributed by atoms with Crippen LogP contribution in [0.1, 0.15) is 35.1 Å². The average molecular weight is 475 g/mol. The van der Waals surface area contributed by atoms with E-state index in [1.807, 2.05) is 54.6 Å². The molecule has 1 saturated heterocycles. The molecule has 6 heteroatoms. The van der Waals surface area contributed by atoms with E-state index in [-0.39, 0.29) is 30.0 Å². The van der Waals surface area contributed by atoms with Crippen molar-refractivity contribution in [2.75, 3.05) is 13.1 Å². The lowest BCUT2D eigenvalue weighted by atomic mass is 9.96. The van der Waals surface area contributed by atoms with E-state index in [0.717, 1.165) is 35.1 Å². The van der Waals surface area contributed by atoms with E-state index in [9.17, 15) is 14.0 Å². The highest BCUT2D eigenvalue weighted by Crippen LogP contribution is 2.18. The van der Waals surface area contributed by atoms with E-state index in [1.54, 1.807) is 17.0 Å². The molecule has 1 heterocycles. The van der Waals surface area contributed by atoms with Crippen molar-refractivity contribution in [2.45, 2.75) is 39.0 Å². The molecule has 1 aliphatic rings. The summed E-state index contributed by atoms with van der Waals surface area (Å²) < 4.78 is 18.9. The van der Waals surface area contributed by atoms with Crippen molar-refractivity contribution in [1.29, 1.82) is 0 Å². The van der Waals surface area contributed by atoms with Crippen molar-refractivity contribution in [2.24, 2.45) is 5.92 Å². The number of piperidine rings is 1. The molecule has 182 valence electrons. The van der Waals surface area contributed by atoms with Gasteiger partial charge in [-0.25, -0.2) is 4.39 Å². The van der Waals surface area contributed by atoms with Crippen LogP contribution in [0.3, 0.4) is 0 Å². The third kappa shape index (κ3) is 7.49. The summed E-state index contributed by atoms with van der Waals surface area (Å²) in [4.78, 5) is 27.3. The zero-order valence-electron chi connectivity index (χ0n) is 19.8. The standard InChI is InChI=1S/C29H31FN2O3/c30-27-13-11-22(12-14-27)17-28(33)32-15-5-10-26(19-32)29(34)31-18-24-8-4-9-25(16-24)21-35-20-23-6-2-1-3-7-23/h1-4,6-9,11-14,16,26H,5,10,15,17-21H2,(H,31,34). The summed E-state index contributed by atoms with van der Waals surface area (Å²) in [6.45, 7) is 2.56. The number of rotatable bonds is 9. The summed E-state index contributed by atoms with van der Waals surface area (Å²) in [6, 6.07) is 24.0. The van der Waals surface area contributed by atoms with Gasteiger partial charge in [0.25, 0.3) is 0 Å². The van der Waals surface area contributed by atoms with Crippen LogP contribution in [0.2, 0.25) is 0 Å².